The van der Waals surface area contributed by atoms with Gasteiger partial charge in [-0.2, -0.15) is 0 Å². The molecule has 0 saturated heterocycles. The maximum atomic E-state index is 11.8. The fourth-order valence-electron chi connectivity index (χ4n) is 1.29. The Bertz CT molecular complexity index is 487. The molecule has 8 heteroatoms. The molecule has 19 heavy (non-hydrogen) atoms. The summed E-state index contributed by atoms with van der Waals surface area (Å²) in [5.74, 6) is -2.15. The highest BCUT2D eigenvalue weighted by atomic mass is 127. The molecule has 1 aromatic rings. The van der Waals surface area contributed by atoms with Crippen LogP contribution in [-0.2, 0) is 14.3 Å². The third-order valence-electron chi connectivity index (χ3n) is 2.30. The summed E-state index contributed by atoms with van der Waals surface area (Å²) < 4.78 is 5.36. The summed E-state index contributed by atoms with van der Waals surface area (Å²) in [6, 6.07) is 0.559. The maximum absolute atomic E-state index is 11.8. The second-order valence-corrected chi connectivity index (χ2v) is 6.42. The van der Waals surface area contributed by atoms with Gasteiger partial charge >= 0.3 is 11.9 Å². The molecular weight excluding hydrogens is 385 g/mol. The zero-order chi connectivity index (χ0) is 14.4. The zero-order valence-electron chi connectivity index (χ0n) is 10.0. The molecule has 0 aliphatic carbocycles. The number of ether oxygens (including phenoxy) is 1. The molecule has 0 bridgehead atoms. The molecule has 2 N–H and O–H groups in total. The summed E-state index contributed by atoms with van der Waals surface area (Å²) >= 11 is 3.47. The smallest absolute Gasteiger partial charge is 0.326 e. The number of nitrogens with one attached hydrogen (secondary N) is 1. The first kappa shape index (κ1) is 15.9. The molecule has 0 saturated carbocycles. The second-order valence-electron chi connectivity index (χ2n) is 3.62. The van der Waals surface area contributed by atoms with Crippen molar-refractivity contribution in [3.05, 3.63) is 19.9 Å². The number of esters is 1. The normalized spacial score (nSPS) is 11.7. The molecule has 104 valence electrons. The average Bonchev–Trinajstić information content (AvgIpc) is 2.80. The first-order valence-corrected chi connectivity index (χ1v) is 7.24. The van der Waals surface area contributed by atoms with E-state index in [0.29, 0.717) is 5.56 Å². The van der Waals surface area contributed by atoms with Gasteiger partial charge in [-0.3, -0.25) is 9.59 Å². The highest BCUT2D eigenvalue weighted by Gasteiger charge is 2.22. The van der Waals surface area contributed by atoms with E-state index >= 15 is 0 Å². The van der Waals surface area contributed by atoms with Gasteiger partial charge in [0.15, 0.2) is 0 Å². The van der Waals surface area contributed by atoms with Crippen LogP contribution >= 0.6 is 33.9 Å². The molecular formula is C11H12INO5S. The summed E-state index contributed by atoms with van der Waals surface area (Å²) in [5, 5.41) is 13.0. The Labute approximate surface area is 127 Å². The number of hydrogen-bond donors (Lipinski definition) is 2. The maximum Gasteiger partial charge on any atom is 0.326 e. The van der Waals surface area contributed by atoms with Gasteiger partial charge in [-0.25, -0.2) is 4.79 Å². The first-order valence-electron chi connectivity index (χ1n) is 5.28. The van der Waals surface area contributed by atoms with Crippen LogP contribution in [0.15, 0.2) is 11.4 Å². The summed E-state index contributed by atoms with van der Waals surface area (Å²) in [6.07, 6.45) is -0.0656. The number of methoxy groups -OCH3 is 1. The zero-order valence-corrected chi connectivity index (χ0v) is 13.0. The predicted octanol–water partition coefficient (Wildman–Crippen LogP) is 1.49. The monoisotopic (exact) mass is 397 g/mol. The van der Waals surface area contributed by atoms with Gasteiger partial charge in [0, 0.05) is 11.8 Å². The number of hydrogen-bond acceptors (Lipinski definition) is 5. The van der Waals surface area contributed by atoms with Crippen LogP contribution in [0.25, 0.3) is 0 Å². The molecule has 1 amide bonds. The van der Waals surface area contributed by atoms with Crippen molar-refractivity contribution in [2.45, 2.75) is 18.9 Å². The number of aliphatic carboxylic acids is 1. The minimum absolute atomic E-state index is 0.00498. The molecule has 1 atom stereocenters. The van der Waals surface area contributed by atoms with Crippen molar-refractivity contribution >= 4 is 51.8 Å². The van der Waals surface area contributed by atoms with Crippen LogP contribution in [0.5, 0.6) is 0 Å². The van der Waals surface area contributed by atoms with Crippen molar-refractivity contribution in [2.75, 3.05) is 7.11 Å². The van der Waals surface area contributed by atoms with Gasteiger partial charge in [0.1, 0.15) is 6.04 Å². The molecule has 1 aromatic heterocycles. The highest BCUT2D eigenvalue weighted by molar-refractivity contribution is 14.1. The topological polar surface area (TPSA) is 92.7 Å². The number of thiophene rings is 1. The van der Waals surface area contributed by atoms with E-state index in [1.54, 1.807) is 11.4 Å². The van der Waals surface area contributed by atoms with Gasteiger partial charge in [0.05, 0.1) is 15.6 Å². The van der Waals surface area contributed by atoms with Gasteiger partial charge in [-0.05, 0) is 35.1 Å². The Hall–Kier alpha value is -1.16. The van der Waals surface area contributed by atoms with Gasteiger partial charge < -0.3 is 15.2 Å². The van der Waals surface area contributed by atoms with E-state index in [2.05, 4.69) is 32.6 Å². The molecule has 1 heterocycles. The lowest BCUT2D eigenvalue weighted by Gasteiger charge is -2.13. The minimum Gasteiger partial charge on any atom is -0.480 e. The molecule has 0 fully saturated rings. The molecule has 1 rings (SSSR count). The van der Waals surface area contributed by atoms with Crippen molar-refractivity contribution in [3.8, 4) is 0 Å². The molecule has 0 spiro atoms. The minimum atomic E-state index is -1.18. The van der Waals surface area contributed by atoms with Crippen LogP contribution in [0.1, 0.15) is 23.2 Å². The third-order valence-corrected chi connectivity index (χ3v) is 4.09. The van der Waals surface area contributed by atoms with Gasteiger partial charge in [0.25, 0.3) is 5.91 Å². The number of amides is 1. The number of carbonyl (C=O) groups is 3. The van der Waals surface area contributed by atoms with E-state index in [1.807, 2.05) is 0 Å². The largest absolute Gasteiger partial charge is 0.480 e. The number of carboxylic acid groups (broad SMARTS) is 1. The van der Waals surface area contributed by atoms with Crippen molar-refractivity contribution in [2.24, 2.45) is 0 Å². The van der Waals surface area contributed by atoms with Crippen LogP contribution in [0, 0.1) is 2.88 Å². The SMILES string of the molecule is COC(=O)CCC(NC(=O)c1csc(I)c1)C(=O)O. The van der Waals surface area contributed by atoms with E-state index in [1.165, 1.54) is 18.4 Å². The molecule has 0 aromatic carbocycles. The third kappa shape index (κ3) is 5.15. The van der Waals surface area contributed by atoms with Crippen molar-refractivity contribution in [3.63, 3.8) is 0 Å². The van der Waals surface area contributed by atoms with Crippen molar-refractivity contribution in [1.82, 2.24) is 5.32 Å². The highest BCUT2D eigenvalue weighted by Crippen LogP contribution is 2.16. The Morgan fingerprint density at radius 2 is 2.21 bits per heavy atom. The quantitative estimate of drug-likeness (QED) is 0.561. The summed E-state index contributed by atoms with van der Waals surface area (Å²) in [6.45, 7) is 0. The molecule has 0 aliphatic heterocycles. The number of rotatable bonds is 6. The molecule has 1 unspecified atom stereocenters. The Balaban J connectivity index is 2.61. The van der Waals surface area contributed by atoms with E-state index in [9.17, 15) is 14.4 Å². The van der Waals surface area contributed by atoms with E-state index in [0.717, 1.165) is 2.88 Å². The summed E-state index contributed by atoms with van der Waals surface area (Å²) in [4.78, 5) is 33.8. The van der Waals surface area contributed by atoms with Crippen molar-refractivity contribution in [1.29, 1.82) is 0 Å². The second kappa shape index (κ2) is 7.43. The van der Waals surface area contributed by atoms with E-state index in [-0.39, 0.29) is 12.8 Å². The molecule has 0 aliphatic rings. The van der Waals surface area contributed by atoms with Crippen LogP contribution in [0.4, 0.5) is 0 Å². The average molecular weight is 397 g/mol. The summed E-state index contributed by atoms with van der Waals surface area (Å²) in [5.41, 5.74) is 0.415. The Morgan fingerprint density at radius 3 is 2.68 bits per heavy atom. The number of halogens is 1. The van der Waals surface area contributed by atoms with Crippen LogP contribution in [0.3, 0.4) is 0 Å². The number of carboxylic acids is 1. The lowest BCUT2D eigenvalue weighted by molar-refractivity contribution is -0.142. The lowest BCUT2D eigenvalue weighted by atomic mass is 10.1. The Kier molecular flexibility index (Phi) is 6.22. The van der Waals surface area contributed by atoms with Crippen LogP contribution in [0.2, 0.25) is 0 Å². The lowest BCUT2D eigenvalue weighted by Crippen LogP contribution is -2.41. The first-order chi connectivity index (χ1) is 8.93. The standard InChI is InChI=1S/C11H12INO5S/c1-18-9(14)3-2-7(11(16)17)13-10(15)6-4-8(12)19-5-6/h4-5,7H,2-3H2,1H3,(H,13,15)(H,16,17). The predicted molar refractivity (Wildman–Crippen MR) is 77.2 cm³/mol. The fraction of sp³-hybridized carbons (Fsp3) is 0.364. The van der Waals surface area contributed by atoms with E-state index in [4.69, 9.17) is 5.11 Å². The fourth-order valence-corrected chi connectivity index (χ4v) is 2.62. The Morgan fingerprint density at radius 1 is 1.53 bits per heavy atom. The van der Waals surface area contributed by atoms with E-state index < -0.39 is 23.9 Å². The molecule has 0 radical (unpaired) electrons. The number of carbonyl (C=O) groups excluding carboxylic acids is 2. The van der Waals surface area contributed by atoms with Gasteiger partial charge in [0.2, 0.25) is 0 Å². The van der Waals surface area contributed by atoms with Crippen LogP contribution in [-0.4, -0.2) is 36.1 Å². The van der Waals surface area contributed by atoms with Crippen molar-refractivity contribution < 1.29 is 24.2 Å². The van der Waals surface area contributed by atoms with Crippen LogP contribution < -0.4 is 5.32 Å². The van der Waals surface area contributed by atoms with Gasteiger partial charge in [-0.15, -0.1) is 11.3 Å². The summed E-state index contributed by atoms with van der Waals surface area (Å²) in [7, 11) is 1.23. The van der Waals surface area contributed by atoms with Gasteiger partial charge in [-0.1, -0.05) is 0 Å². The molecule has 6 nitrogen and oxygen atoms in total.